The summed E-state index contributed by atoms with van der Waals surface area (Å²) in [7, 11) is 0. The minimum atomic E-state index is -0.491. The van der Waals surface area contributed by atoms with E-state index >= 15 is 0 Å². The first kappa shape index (κ1) is 24.1. The summed E-state index contributed by atoms with van der Waals surface area (Å²) in [6, 6.07) is 18.7. The van der Waals surface area contributed by atoms with E-state index in [0.29, 0.717) is 26.5 Å². The summed E-state index contributed by atoms with van der Waals surface area (Å²) >= 11 is 13.2. The molecule has 3 rings (SSSR count). The number of nitrogens with zero attached hydrogens (tertiary/aromatic N) is 1. The van der Waals surface area contributed by atoms with Crippen molar-refractivity contribution in [3.8, 4) is 11.8 Å². The Morgan fingerprint density at radius 2 is 1.91 bits per heavy atom. The molecule has 0 atom stereocenters. The number of nitrogens with one attached hydrogen (secondary N) is 1. The molecule has 0 radical (unpaired) electrons. The van der Waals surface area contributed by atoms with Gasteiger partial charge >= 0.3 is 0 Å². The van der Waals surface area contributed by atoms with Crippen molar-refractivity contribution in [3.63, 3.8) is 0 Å². The van der Waals surface area contributed by atoms with Gasteiger partial charge in [0.25, 0.3) is 5.91 Å². The van der Waals surface area contributed by atoms with Crippen LogP contribution in [0.15, 0.2) is 69.1 Å². The lowest BCUT2D eigenvalue weighted by atomic mass is 10.1. The van der Waals surface area contributed by atoms with Crippen LogP contribution in [0.4, 0.5) is 5.69 Å². The number of benzene rings is 3. The zero-order valence-electron chi connectivity index (χ0n) is 17.4. The average molecular weight is 575 g/mol. The molecule has 0 aliphatic carbocycles. The Balaban J connectivity index is 1.92. The Morgan fingerprint density at radius 3 is 2.62 bits per heavy atom. The van der Waals surface area contributed by atoms with Crippen LogP contribution >= 0.6 is 43.5 Å². The molecule has 0 bridgehead atoms. The van der Waals surface area contributed by atoms with Gasteiger partial charge < -0.3 is 10.1 Å². The molecule has 0 spiro atoms. The first-order valence-corrected chi connectivity index (χ1v) is 11.6. The smallest absolute Gasteiger partial charge is 0.266 e. The molecule has 32 heavy (non-hydrogen) atoms. The van der Waals surface area contributed by atoms with Crippen molar-refractivity contribution in [2.75, 3.05) is 5.32 Å². The summed E-state index contributed by atoms with van der Waals surface area (Å²) < 4.78 is 7.48. The van der Waals surface area contributed by atoms with Gasteiger partial charge in [0.2, 0.25) is 0 Å². The third-order valence-corrected chi connectivity index (χ3v) is 6.30. The summed E-state index contributed by atoms with van der Waals surface area (Å²) in [6.45, 7) is 4.12. The number of anilines is 1. The van der Waals surface area contributed by atoms with Crippen LogP contribution in [0.1, 0.15) is 22.3 Å². The predicted molar refractivity (Wildman–Crippen MR) is 136 cm³/mol. The highest BCUT2D eigenvalue weighted by molar-refractivity contribution is 9.11. The van der Waals surface area contributed by atoms with Crippen molar-refractivity contribution in [1.29, 1.82) is 5.26 Å². The molecule has 7 heteroatoms. The molecular formula is C25H19Br2ClN2O2. The summed E-state index contributed by atoms with van der Waals surface area (Å²) in [5.74, 6) is 0.00903. The van der Waals surface area contributed by atoms with Gasteiger partial charge in [-0.25, -0.2) is 0 Å². The monoisotopic (exact) mass is 572 g/mol. The second-order valence-electron chi connectivity index (χ2n) is 7.06. The minimum absolute atomic E-state index is 0.0431. The van der Waals surface area contributed by atoms with Gasteiger partial charge in [-0.3, -0.25) is 4.79 Å². The zero-order chi connectivity index (χ0) is 23.3. The van der Waals surface area contributed by atoms with Crippen molar-refractivity contribution in [2.24, 2.45) is 0 Å². The lowest BCUT2D eigenvalue weighted by Gasteiger charge is -2.14. The van der Waals surface area contributed by atoms with Crippen molar-refractivity contribution in [3.05, 3.63) is 96.4 Å². The number of carbonyl (C=O) groups excluding carboxylic acids is 1. The predicted octanol–water partition coefficient (Wildman–Crippen LogP) is 7.61. The second kappa shape index (κ2) is 10.8. The number of hydrogen-bond donors (Lipinski definition) is 1. The summed E-state index contributed by atoms with van der Waals surface area (Å²) in [4.78, 5) is 12.8. The fraction of sp³-hybridized carbons (Fsp3) is 0.120. The number of halogens is 3. The molecule has 1 amide bonds. The van der Waals surface area contributed by atoms with Crippen molar-refractivity contribution in [1.82, 2.24) is 0 Å². The van der Waals surface area contributed by atoms with E-state index < -0.39 is 5.91 Å². The molecule has 0 heterocycles. The van der Waals surface area contributed by atoms with Gasteiger partial charge in [-0.1, -0.05) is 57.9 Å². The molecule has 0 aliphatic heterocycles. The quantitative estimate of drug-likeness (QED) is 0.244. The molecule has 0 aliphatic rings. The van der Waals surface area contributed by atoms with Crippen LogP contribution in [0.2, 0.25) is 5.02 Å². The third-order valence-electron chi connectivity index (χ3n) is 4.88. The SMILES string of the molecule is Cc1cccc(NC(=O)/C(C#N)=C/c2cc(Br)cc(Br)c2OCc2ccccc2Cl)c1C. The number of amides is 1. The number of carbonyl (C=O) groups is 1. The third kappa shape index (κ3) is 5.80. The number of ether oxygens (including phenoxy) is 1. The maximum atomic E-state index is 12.8. The average Bonchev–Trinajstić information content (AvgIpc) is 2.75. The molecule has 0 saturated carbocycles. The highest BCUT2D eigenvalue weighted by Gasteiger charge is 2.15. The van der Waals surface area contributed by atoms with E-state index in [1.807, 2.05) is 62.4 Å². The van der Waals surface area contributed by atoms with Crippen LogP contribution in [-0.4, -0.2) is 5.91 Å². The van der Waals surface area contributed by atoms with E-state index in [9.17, 15) is 10.1 Å². The van der Waals surface area contributed by atoms with E-state index in [1.165, 1.54) is 6.08 Å². The summed E-state index contributed by atoms with van der Waals surface area (Å²) in [6.07, 6.45) is 1.51. The summed E-state index contributed by atoms with van der Waals surface area (Å²) in [5, 5.41) is 13.1. The number of hydrogen-bond acceptors (Lipinski definition) is 3. The first-order valence-electron chi connectivity index (χ1n) is 9.64. The highest BCUT2D eigenvalue weighted by Crippen LogP contribution is 2.35. The Labute approximate surface area is 209 Å². The molecule has 4 nitrogen and oxygen atoms in total. The van der Waals surface area contributed by atoms with Crippen LogP contribution in [0.5, 0.6) is 5.75 Å². The summed E-state index contributed by atoms with van der Waals surface area (Å²) in [5.41, 5.74) is 4.03. The molecule has 3 aromatic rings. The first-order chi connectivity index (χ1) is 15.3. The van der Waals surface area contributed by atoms with Gasteiger partial charge in [0.15, 0.2) is 0 Å². The minimum Gasteiger partial charge on any atom is -0.487 e. The Bertz CT molecular complexity index is 1250. The number of nitriles is 1. The zero-order valence-corrected chi connectivity index (χ0v) is 21.3. The van der Waals surface area contributed by atoms with Crippen LogP contribution in [-0.2, 0) is 11.4 Å². The molecule has 1 N–H and O–H groups in total. The van der Waals surface area contributed by atoms with Crippen molar-refractivity contribution in [2.45, 2.75) is 20.5 Å². The Hall–Kier alpha value is -2.59. The van der Waals surface area contributed by atoms with Gasteiger partial charge in [0.05, 0.1) is 4.47 Å². The maximum absolute atomic E-state index is 12.8. The molecule has 0 unspecified atom stereocenters. The lowest BCUT2D eigenvalue weighted by molar-refractivity contribution is -0.112. The van der Waals surface area contributed by atoms with Crippen molar-refractivity contribution >= 4 is 61.1 Å². The fourth-order valence-electron chi connectivity index (χ4n) is 2.99. The van der Waals surface area contributed by atoms with Crippen LogP contribution in [0.3, 0.4) is 0 Å². The fourth-order valence-corrected chi connectivity index (χ4v) is 4.55. The number of aryl methyl sites for hydroxylation is 1. The van der Waals surface area contributed by atoms with E-state index in [2.05, 4.69) is 37.2 Å². The standard InChI is InChI=1S/C25H19Br2ClN2O2/c1-15-6-5-9-23(16(15)2)30-25(31)19(13-29)10-18-11-20(26)12-21(27)24(18)32-14-17-7-3-4-8-22(17)28/h3-12H,14H2,1-2H3,(H,30,31)/b19-10+. The van der Waals surface area contributed by atoms with Gasteiger partial charge in [-0.15, -0.1) is 0 Å². The van der Waals surface area contributed by atoms with Crippen LogP contribution in [0.25, 0.3) is 6.08 Å². The van der Waals surface area contributed by atoms with Gasteiger partial charge in [-0.05, 0) is 71.2 Å². The normalized spacial score (nSPS) is 11.1. The Morgan fingerprint density at radius 1 is 1.16 bits per heavy atom. The largest absolute Gasteiger partial charge is 0.487 e. The molecule has 0 aromatic heterocycles. The van der Waals surface area contributed by atoms with Crippen LogP contribution < -0.4 is 10.1 Å². The molecular weight excluding hydrogens is 556 g/mol. The number of rotatable bonds is 6. The molecule has 3 aromatic carbocycles. The van der Waals surface area contributed by atoms with Crippen molar-refractivity contribution < 1.29 is 9.53 Å². The second-order valence-corrected chi connectivity index (χ2v) is 9.23. The van der Waals surface area contributed by atoms with E-state index in [0.717, 1.165) is 21.2 Å². The van der Waals surface area contributed by atoms with E-state index in [1.54, 1.807) is 12.1 Å². The molecule has 0 saturated heterocycles. The van der Waals surface area contributed by atoms with Gasteiger partial charge in [-0.2, -0.15) is 5.26 Å². The van der Waals surface area contributed by atoms with Crippen LogP contribution in [0, 0.1) is 25.2 Å². The lowest BCUT2D eigenvalue weighted by Crippen LogP contribution is -2.14. The molecule has 0 fully saturated rings. The Kier molecular flexibility index (Phi) is 8.14. The van der Waals surface area contributed by atoms with Gasteiger partial charge in [0, 0.05) is 26.3 Å². The maximum Gasteiger partial charge on any atom is 0.266 e. The van der Waals surface area contributed by atoms with E-state index in [4.69, 9.17) is 16.3 Å². The molecule has 162 valence electrons. The highest BCUT2D eigenvalue weighted by atomic mass is 79.9. The van der Waals surface area contributed by atoms with Gasteiger partial charge in [0.1, 0.15) is 24.0 Å². The topological polar surface area (TPSA) is 62.1 Å². The van der Waals surface area contributed by atoms with E-state index in [-0.39, 0.29) is 12.2 Å².